The number of alkyl halides is 3. The molecule has 2 atom stereocenters. The second kappa shape index (κ2) is 18.1. The molecule has 2 aliphatic heterocycles. The first kappa shape index (κ1) is 42.4. The van der Waals surface area contributed by atoms with Crippen LogP contribution in [-0.4, -0.2) is 94.3 Å². The zero-order valence-corrected chi connectivity index (χ0v) is 33.1. The average molecular weight is 817 g/mol. The number of carboxylic acid groups (broad SMARTS) is 1. The van der Waals surface area contributed by atoms with E-state index in [1.54, 1.807) is 56.3 Å². The molecular formula is C44H47F3N4O8. The summed E-state index contributed by atoms with van der Waals surface area (Å²) in [5.74, 6) is -1.58. The molecule has 312 valence electrons. The molecule has 1 unspecified atom stereocenters. The smallest absolute Gasteiger partial charge is 0.417 e. The van der Waals surface area contributed by atoms with Gasteiger partial charge in [-0.3, -0.25) is 9.59 Å². The Hall–Kier alpha value is -6.25. The van der Waals surface area contributed by atoms with E-state index in [1.165, 1.54) is 21.6 Å². The predicted octanol–water partition coefficient (Wildman–Crippen LogP) is 8.10. The number of hydrogen-bond donors (Lipinski definition) is 1. The van der Waals surface area contributed by atoms with Crippen LogP contribution in [0.4, 0.5) is 28.4 Å². The Balaban J connectivity index is 1.39. The molecule has 15 heteroatoms. The monoisotopic (exact) mass is 816 g/mol. The lowest BCUT2D eigenvalue weighted by molar-refractivity contribution is -0.139. The number of benzene rings is 4. The number of carbonyl (C=O) groups excluding carboxylic acids is 3. The van der Waals surface area contributed by atoms with Crippen LogP contribution in [-0.2, 0) is 28.9 Å². The number of fused-ring (bicyclic) bond motifs is 1. The van der Waals surface area contributed by atoms with Gasteiger partial charge < -0.3 is 38.9 Å². The van der Waals surface area contributed by atoms with Gasteiger partial charge in [0.25, 0.3) is 11.8 Å². The molecule has 2 aliphatic rings. The Morgan fingerprint density at radius 2 is 1.58 bits per heavy atom. The Labute approximate surface area is 340 Å². The molecule has 0 aliphatic carbocycles. The molecule has 1 fully saturated rings. The van der Waals surface area contributed by atoms with Crippen LogP contribution in [0.3, 0.4) is 0 Å². The molecule has 0 spiro atoms. The van der Waals surface area contributed by atoms with Crippen LogP contribution < -0.4 is 14.4 Å². The first-order valence-corrected chi connectivity index (χ1v) is 19.4. The molecule has 0 bridgehead atoms. The van der Waals surface area contributed by atoms with Crippen LogP contribution in [0, 0.1) is 0 Å². The number of para-hydroxylation sites is 1. The summed E-state index contributed by atoms with van der Waals surface area (Å²) in [6, 6.07) is 27.1. The quantitative estimate of drug-likeness (QED) is 0.143. The predicted molar refractivity (Wildman–Crippen MR) is 212 cm³/mol. The van der Waals surface area contributed by atoms with Crippen molar-refractivity contribution >= 4 is 29.7 Å². The lowest BCUT2D eigenvalue weighted by Gasteiger charge is -2.42. The fourth-order valence-corrected chi connectivity index (χ4v) is 7.39. The second-order valence-corrected chi connectivity index (χ2v) is 15.0. The molecular weight excluding hydrogens is 769 g/mol. The summed E-state index contributed by atoms with van der Waals surface area (Å²) in [6.07, 6.45) is -6.12. The topological polar surface area (TPSA) is 129 Å². The van der Waals surface area contributed by atoms with Gasteiger partial charge in [-0.15, -0.1) is 0 Å². The zero-order chi connectivity index (χ0) is 42.3. The van der Waals surface area contributed by atoms with E-state index in [4.69, 9.17) is 14.2 Å². The van der Waals surface area contributed by atoms with Crippen molar-refractivity contribution in [1.29, 1.82) is 0 Å². The highest BCUT2D eigenvalue weighted by Gasteiger charge is 2.48. The number of ether oxygens (including phenoxy) is 3. The molecule has 6 rings (SSSR count). The lowest BCUT2D eigenvalue weighted by atomic mass is 9.96. The van der Waals surface area contributed by atoms with Gasteiger partial charge in [-0.2, -0.15) is 13.2 Å². The van der Waals surface area contributed by atoms with E-state index in [9.17, 15) is 24.3 Å². The van der Waals surface area contributed by atoms with Gasteiger partial charge in [-0.25, -0.2) is 9.59 Å². The van der Waals surface area contributed by atoms with Crippen molar-refractivity contribution in [3.8, 4) is 11.5 Å². The van der Waals surface area contributed by atoms with Crippen molar-refractivity contribution in [2.75, 3.05) is 37.7 Å². The van der Waals surface area contributed by atoms with E-state index in [-0.39, 0.29) is 57.4 Å². The van der Waals surface area contributed by atoms with Gasteiger partial charge in [0.2, 0.25) is 5.60 Å². The molecule has 0 radical (unpaired) electrons. The van der Waals surface area contributed by atoms with E-state index in [0.29, 0.717) is 18.6 Å². The highest BCUT2D eigenvalue weighted by Crippen LogP contribution is 2.45. The Kier molecular flexibility index (Phi) is 13.0. The Morgan fingerprint density at radius 1 is 0.949 bits per heavy atom. The fraction of sp³-hybridized carbons (Fsp3) is 0.364. The van der Waals surface area contributed by atoms with Crippen molar-refractivity contribution in [1.82, 2.24) is 14.7 Å². The molecule has 0 aromatic heterocycles. The van der Waals surface area contributed by atoms with Crippen LogP contribution in [0.15, 0.2) is 103 Å². The third-order valence-electron chi connectivity index (χ3n) is 10.3. The van der Waals surface area contributed by atoms with Crippen LogP contribution in [0.5, 0.6) is 11.5 Å². The maximum atomic E-state index is 15.1. The number of piperidine rings is 1. The molecule has 1 N–H and O–H groups in total. The van der Waals surface area contributed by atoms with E-state index in [0.717, 1.165) is 28.2 Å². The van der Waals surface area contributed by atoms with E-state index in [1.807, 2.05) is 48.5 Å². The number of amides is 4. The largest absolute Gasteiger partial charge is 0.489 e. The minimum absolute atomic E-state index is 0.0254. The first-order chi connectivity index (χ1) is 28.1. The normalized spacial score (nSPS) is 17.8. The number of nitrogens with zero attached hydrogens (tertiary/aromatic N) is 4. The molecule has 1 saturated heterocycles. The van der Waals surface area contributed by atoms with Crippen LogP contribution >= 0.6 is 0 Å². The minimum atomic E-state index is -5.04. The van der Waals surface area contributed by atoms with Gasteiger partial charge in [-0.1, -0.05) is 78.9 Å². The van der Waals surface area contributed by atoms with Crippen molar-refractivity contribution in [2.45, 2.75) is 70.6 Å². The van der Waals surface area contributed by atoms with E-state index < -0.39 is 59.0 Å². The molecule has 59 heavy (non-hydrogen) atoms. The van der Waals surface area contributed by atoms with Gasteiger partial charge in [0.15, 0.2) is 0 Å². The summed E-state index contributed by atoms with van der Waals surface area (Å²) in [7, 11) is 0. The molecule has 4 amide bonds. The molecule has 2 heterocycles. The van der Waals surface area contributed by atoms with Gasteiger partial charge >= 0.3 is 18.4 Å². The zero-order valence-electron chi connectivity index (χ0n) is 33.1. The van der Waals surface area contributed by atoms with Crippen LogP contribution in [0.2, 0.25) is 0 Å². The van der Waals surface area contributed by atoms with Crippen molar-refractivity contribution < 1.29 is 51.7 Å². The fourth-order valence-electron chi connectivity index (χ4n) is 7.39. The van der Waals surface area contributed by atoms with Gasteiger partial charge in [-0.05, 0) is 69.0 Å². The highest BCUT2D eigenvalue weighted by molar-refractivity contribution is 6.05. The van der Waals surface area contributed by atoms with Crippen molar-refractivity contribution in [3.05, 3.63) is 125 Å². The molecule has 0 saturated carbocycles. The number of halogens is 3. The maximum Gasteiger partial charge on any atom is 0.417 e. The van der Waals surface area contributed by atoms with Crippen molar-refractivity contribution in [3.63, 3.8) is 0 Å². The highest BCUT2D eigenvalue weighted by atomic mass is 19.4. The summed E-state index contributed by atoms with van der Waals surface area (Å²) >= 11 is 0. The van der Waals surface area contributed by atoms with Crippen LogP contribution in [0.25, 0.3) is 0 Å². The standard InChI is InChI=1S/C44H47F3N4O8/c1-30(2)51(33-18-13-21-48(27-33)41(54)55)39(52)35-24-37-38(25-36(35)44(45,46)47)59-43(3,29-58-34-19-11-6-12-20-34)40(53)50(37)23-22-49(26-31-14-7-4-8-15-31)42(56)57-28-32-16-9-5-10-17-32/h4-12,14-17,19-20,24-25,30,33H,13,18,21-23,26-29H2,1-3H3,(H,54,55)/t33-,43?/m1/s1. The lowest BCUT2D eigenvalue weighted by Crippen LogP contribution is -2.59. The number of anilines is 1. The Morgan fingerprint density at radius 3 is 2.19 bits per heavy atom. The average Bonchev–Trinajstić information content (AvgIpc) is 3.22. The number of rotatable bonds is 13. The summed E-state index contributed by atoms with van der Waals surface area (Å²) in [6.45, 7) is 4.20. The minimum Gasteiger partial charge on any atom is -0.489 e. The first-order valence-electron chi connectivity index (χ1n) is 19.4. The summed E-state index contributed by atoms with van der Waals surface area (Å²) in [5, 5.41) is 9.68. The summed E-state index contributed by atoms with van der Waals surface area (Å²) < 4.78 is 62.9. The molecule has 4 aromatic carbocycles. The molecule has 4 aromatic rings. The van der Waals surface area contributed by atoms with Gasteiger partial charge in [0.05, 0.1) is 22.9 Å². The third-order valence-corrected chi connectivity index (χ3v) is 10.3. The SMILES string of the molecule is CC(C)N(C(=O)c1cc2c(cc1C(F)(F)F)OC(C)(COc1ccccc1)C(=O)N2CCN(Cc1ccccc1)C(=O)OCc1ccccc1)[C@@H]1CCCN(C(=O)O)C1. The summed E-state index contributed by atoms with van der Waals surface area (Å²) in [5.41, 5.74) is -2.45. The van der Waals surface area contributed by atoms with Gasteiger partial charge in [0, 0.05) is 38.8 Å². The number of hydrogen-bond acceptors (Lipinski definition) is 7. The third kappa shape index (κ3) is 10.1. The van der Waals surface area contributed by atoms with Crippen molar-refractivity contribution in [2.24, 2.45) is 0 Å². The van der Waals surface area contributed by atoms with E-state index >= 15 is 13.2 Å². The second-order valence-electron chi connectivity index (χ2n) is 15.0. The molecule has 12 nitrogen and oxygen atoms in total. The number of carbonyl (C=O) groups is 4. The van der Waals surface area contributed by atoms with Crippen LogP contribution in [0.1, 0.15) is 60.7 Å². The van der Waals surface area contributed by atoms with E-state index in [2.05, 4.69) is 0 Å². The summed E-state index contributed by atoms with van der Waals surface area (Å²) in [4.78, 5) is 59.7. The van der Waals surface area contributed by atoms with Gasteiger partial charge in [0.1, 0.15) is 24.7 Å². The number of likely N-dealkylation sites (tertiary alicyclic amines) is 1. The Bertz CT molecular complexity index is 2110. The maximum absolute atomic E-state index is 15.1.